The lowest BCUT2D eigenvalue weighted by Crippen LogP contribution is -2.60. The number of anilines is 1. The summed E-state index contributed by atoms with van der Waals surface area (Å²) in [7, 11) is -0.167. The van der Waals surface area contributed by atoms with Crippen LogP contribution in [0.2, 0.25) is 5.02 Å². The maximum absolute atomic E-state index is 14.6. The third-order valence-electron chi connectivity index (χ3n) is 8.39. The van der Waals surface area contributed by atoms with Gasteiger partial charge in [0.1, 0.15) is 29.0 Å². The van der Waals surface area contributed by atoms with Crippen LogP contribution >= 0.6 is 11.6 Å². The van der Waals surface area contributed by atoms with Gasteiger partial charge in [0.2, 0.25) is 5.91 Å². The lowest BCUT2D eigenvalue weighted by Gasteiger charge is -2.34. The minimum absolute atomic E-state index is 0.0779. The molecule has 274 valence electrons. The molecule has 1 fully saturated rings. The van der Waals surface area contributed by atoms with Gasteiger partial charge in [-0.1, -0.05) is 23.7 Å². The molecule has 1 aromatic heterocycles. The summed E-state index contributed by atoms with van der Waals surface area (Å²) >= 11 is 6.14. The van der Waals surface area contributed by atoms with E-state index in [4.69, 9.17) is 22.0 Å². The summed E-state index contributed by atoms with van der Waals surface area (Å²) in [6, 6.07) is 2.67. The molecule has 0 saturated carbocycles. The van der Waals surface area contributed by atoms with Crippen LogP contribution < -0.4 is 21.0 Å². The highest BCUT2D eigenvalue weighted by atomic mass is 35.5. The van der Waals surface area contributed by atoms with Crippen molar-refractivity contribution in [3.05, 3.63) is 75.4 Å². The Kier molecular flexibility index (Phi) is 11.0. The Morgan fingerprint density at radius 1 is 1.13 bits per heavy atom. The van der Waals surface area contributed by atoms with Gasteiger partial charge in [-0.05, 0) is 42.8 Å². The molecule has 0 aliphatic carbocycles. The number of amides is 5. The smallest absolute Gasteiger partial charge is 0.534 e. The van der Waals surface area contributed by atoms with Crippen LogP contribution in [-0.4, -0.2) is 116 Å². The first-order chi connectivity index (χ1) is 24.6. The molecule has 2 aliphatic rings. The highest BCUT2D eigenvalue weighted by Crippen LogP contribution is 2.40. The number of halogens is 3. The van der Waals surface area contributed by atoms with Crippen molar-refractivity contribution in [1.82, 2.24) is 30.3 Å². The van der Waals surface area contributed by atoms with Crippen molar-refractivity contribution in [2.75, 3.05) is 39.0 Å². The van der Waals surface area contributed by atoms with Crippen molar-refractivity contribution in [2.45, 2.75) is 24.9 Å². The fourth-order valence-corrected chi connectivity index (χ4v) is 5.89. The zero-order chi connectivity index (χ0) is 38.0. The SMILES string of the molecule is CN(CCN1CCN(C(=O)N[C@@H](C(=O)N[C@H]2Cc3ccc(F)c(C(=O)O)c3OB2O)c2cc(F)c(O)c(O)c2Cl)C(=O)C1=O)Cc1ccc(N)nc1. The molecular weight excluding hydrogens is 715 g/mol. The number of nitrogens with two attached hydrogens (primary N) is 1. The second-order valence-electron chi connectivity index (χ2n) is 12.0. The van der Waals surface area contributed by atoms with Crippen molar-refractivity contribution in [1.29, 1.82) is 0 Å². The van der Waals surface area contributed by atoms with E-state index < -0.39 is 93.9 Å². The number of pyridine rings is 1. The fourth-order valence-electron chi connectivity index (χ4n) is 5.64. The van der Waals surface area contributed by atoms with Crippen LogP contribution in [0, 0.1) is 11.6 Å². The number of hydrogen-bond donors (Lipinski definition) is 7. The van der Waals surface area contributed by atoms with Gasteiger partial charge in [-0.2, -0.15) is 0 Å². The number of carbonyl (C=O) groups is 5. The molecular formula is C31H31BClF2N7O10. The fraction of sp³-hybridized carbons (Fsp3) is 0.290. The maximum Gasteiger partial charge on any atom is 0.547 e. The van der Waals surface area contributed by atoms with E-state index in [0.717, 1.165) is 11.6 Å². The number of hydrogen-bond acceptors (Lipinski definition) is 12. The maximum atomic E-state index is 14.6. The van der Waals surface area contributed by atoms with Gasteiger partial charge < -0.3 is 51.2 Å². The number of fused-ring (bicyclic) bond motifs is 1. The summed E-state index contributed by atoms with van der Waals surface area (Å²) in [5.74, 6) is -11.7. The Morgan fingerprint density at radius 3 is 2.54 bits per heavy atom. The minimum Gasteiger partial charge on any atom is -0.534 e. The van der Waals surface area contributed by atoms with E-state index in [-0.39, 0.29) is 31.6 Å². The molecule has 2 atom stereocenters. The van der Waals surface area contributed by atoms with E-state index >= 15 is 0 Å². The van der Waals surface area contributed by atoms with Crippen molar-refractivity contribution < 1.29 is 57.8 Å². The molecule has 17 nitrogen and oxygen atoms in total. The summed E-state index contributed by atoms with van der Waals surface area (Å²) in [6.45, 7) is 0.552. The van der Waals surface area contributed by atoms with Crippen LogP contribution in [0.15, 0.2) is 36.5 Å². The molecule has 5 rings (SSSR count). The molecule has 52 heavy (non-hydrogen) atoms. The minimum atomic E-state index is -2.03. The van der Waals surface area contributed by atoms with E-state index in [1.54, 1.807) is 25.4 Å². The number of phenols is 2. The Bertz CT molecular complexity index is 1940. The average molecular weight is 746 g/mol. The van der Waals surface area contributed by atoms with Gasteiger partial charge in [-0.15, -0.1) is 0 Å². The molecule has 0 bridgehead atoms. The third-order valence-corrected chi connectivity index (χ3v) is 8.79. The van der Waals surface area contributed by atoms with E-state index in [9.17, 15) is 53.1 Å². The number of aromatic hydroxyl groups is 2. The average Bonchev–Trinajstić information content (AvgIpc) is 3.09. The molecule has 3 aromatic rings. The Hall–Kier alpha value is -5.73. The Labute approximate surface area is 298 Å². The predicted molar refractivity (Wildman–Crippen MR) is 177 cm³/mol. The zero-order valence-electron chi connectivity index (χ0n) is 27.2. The molecule has 21 heteroatoms. The van der Waals surface area contributed by atoms with Gasteiger partial charge >= 0.3 is 30.9 Å². The van der Waals surface area contributed by atoms with Crippen molar-refractivity contribution in [3.63, 3.8) is 0 Å². The Morgan fingerprint density at radius 2 is 1.87 bits per heavy atom. The number of nitrogen functional groups attached to an aromatic ring is 1. The molecule has 8 N–H and O–H groups in total. The quantitative estimate of drug-likeness (QED) is 0.0845. The van der Waals surface area contributed by atoms with Gasteiger partial charge in [0.25, 0.3) is 0 Å². The first-order valence-electron chi connectivity index (χ1n) is 15.5. The second-order valence-corrected chi connectivity index (χ2v) is 12.3. The van der Waals surface area contributed by atoms with Crippen LogP contribution in [0.25, 0.3) is 0 Å². The third kappa shape index (κ3) is 7.77. The predicted octanol–water partition coefficient (Wildman–Crippen LogP) is 0.398. The molecule has 1 saturated heterocycles. The number of benzene rings is 2. The van der Waals surface area contributed by atoms with Crippen LogP contribution in [0.4, 0.5) is 19.4 Å². The van der Waals surface area contributed by atoms with Gasteiger partial charge in [0.15, 0.2) is 17.3 Å². The van der Waals surface area contributed by atoms with Crippen LogP contribution in [0.3, 0.4) is 0 Å². The number of aromatic carboxylic acids is 1. The van der Waals surface area contributed by atoms with Gasteiger partial charge in [-0.3, -0.25) is 19.3 Å². The molecule has 0 radical (unpaired) electrons. The van der Waals surface area contributed by atoms with E-state index in [1.165, 1.54) is 11.0 Å². The van der Waals surface area contributed by atoms with E-state index in [2.05, 4.69) is 15.6 Å². The topological polar surface area (TPSA) is 248 Å². The number of nitrogens with zero attached hydrogens (tertiary/aromatic N) is 4. The number of likely N-dealkylation sites (N-methyl/N-ethyl adjacent to an activating group) is 1. The highest BCUT2D eigenvalue weighted by molar-refractivity contribution is 6.47. The van der Waals surface area contributed by atoms with Crippen molar-refractivity contribution >= 4 is 54.3 Å². The second kappa shape index (κ2) is 15.3. The lowest BCUT2D eigenvalue weighted by molar-refractivity contribution is -0.153. The van der Waals surface area contributed by atoms with Crippen LogP contribution in [-0.2, 0) is 27.3 Å². The van der Waals surface area contributed by atoms with E-state index in [0.29, 0.717) is 29.9 Å². The van der Waals surface area contributed by atoms with Gasteiger partial charge in [0, 0.05) is 44.5 Å². The molecule has 3 heterocycles. The number of rotatable bonds is 10. The number of imide groups is 1. The summed E-state index contributed by atoms with van der Waals surface area (Å²) < 4.78 is 34.0. The first-order valence-corrected chi connectivity index (χ1v) is 15.8. The van der Waals surface area contributed by atoms with Crippen LogP contribution in [0.5, 0.6) is 17.2 Å². The van der Waals surface area contributed by atoms with E-state index in [1.807, 2.05) is 4.90 Å². The lowest BCUT2D eigenvalue weighted by atomic mass is 9.72. The number of carboxylic acids is 1. The molecule has 2 aliphatic heterocycles. The van der Waals surface area contributed by atoms with Gasteiger partial charge in [0.05, 0.1) is 11.0 Å². The number of piperazine rings is 1. The molecule has 2 aromatic carbocycles. The van der Waals surface area contributed by atoms with Crippen LogP contribution in [0.1, 0.15) is 33.1 Å². The molecule has 0 spiro atoms. The molecule has 5 amide bonds. The standard InChI is InChI=1S/C31H31BClF2N7O10/c1-40(13-14-2-5-20(36)37-12-14)6-7-41-8-9-42(29(47)28(41)46)31(50)39-23(16-11-18(35)24(43)25(44)22(16)33)27(45)38-19-10-15-3-4-17(34)21(30(48)49)26(15)52-32(19)51/h2-5,11-12,19,23,43-44,51H,6-10,13H2,1H3,(H2,36,37)(H,38,45)(H,39,50)(H,48,49)/t19-,23+/m0/s1. The number of phenolic OH excluding ortho intramolecular Hbond substituents is 2. The number of aromatic nitrogens is 1. The summed E-state index contributed by atoms with van der Waals surface area (Å²) in [4.78, 5) is 72.5. The van der Waals surface area contributed by atoms with Crippen molar-refractivity contribution in [3.8, 4) is 17.2 Å². The number of carboxylic acid groups (broad SMARTS) is 1. The largest absolute Gasteiger partial charge is 0.547 e. The number of carbonyl (C=O) groups excluding carboxylic acids is 4. The monoisotopic (exact) mass is 745 g/mol. The summed E-state index contributed by atoms with van der Waals surface area (Å²) in [5, 5.41) is 43.8. The molecule has 0 unspecified atom stereocenters. The normalized spacial score (nSPS) is 16.3. The highest BCUT2D eigenvalue weighted by Gasteiger charge is 2.42. The number of urea groups is 1. The number of nitrogens with one attached hydrogen (secondary N) is 2. The summed E-state index contributed by atoms with van der Waals surface area (Å²) in [6.07, 6.45) is 1.29. The van der Waals surface area contributed by atoms with Crippen molar-refractivity contribution in [2.24, 2.45) is 0 Å². The summed E-state index contributed by atoms with van der Waals surface area (Å²) in [5.41, 5.74) is 5.10. The Balaban J connectivity index is 1.31. The first kappa shape index (κ1) is 37.5. The zero-order valence-corrected chi connectivity index (χ0v) is 27.9. The van der Waals surface area contributed by atoms with Gasteiger partial charge in [-0.25, -0.2) is 23.4 Å².